The Morgan fingerprint density at radius 1 is 1.02 bits per heavy atom. The van der Waals surface area contributed by atoms with Crippen LogP contribution in [0.3, 0.4) is 0 Å². The molecule has 0 spiro atoms. The minimum absolute atomic E-state index is 0. The van der Waals surface area contributed by atoms with Gasteiger partial charge in [0.15, 0.2) is 5.96 Å². The average Bonchev–Trinajstić information content (AvgIpc) is 3.00. The van der Waals surface area contributed by atoms with Gasteiger partial charge in [0.05, 0.1) is 12.5 Å². The highest BCUT2D eigenvalue weighted by molar-refractivity contribution is 9.10. The highest BCUT2D eigenvalue weighted by atomic mass is 79.9. The lowest BCUT2D eigenvalue weighted by atomic mass is 9.82. The molecule has 11 nitrogen and oxygen atoms in total. The molecule has 0 bridgehead atoms. The van der Waals surface area contributed by atoms with E-state index in [4.69, 9.17) is 27.3 Å². The van der Waals surface area contributed by atoms with Crippen molar-refractivity contribution < 1.29 is 19.1 Å². The third kappa shape index (κ3) is 12.0. The molecule has 45 heavy (non-hydrogen) atoms. The highest BCUT2D eigenvalue weighted by Gasteiger charge is 2.35. The number of halogens is 2. The Morgan fingerprint density at radius 3 is 2.31 bits per heavy atom. The Morgan fingerprint density at radius 2 is 1.71 bits per heavy atom. The van der Waals surface area contributed by atoms with Gasteiger partial charge in [0.1, 0.15) is 17.9 Å². The molecule has 0 aliphatic heterocycles. The summed E-state index contributed by atoms with van der Waals surface area (Å²) in [5, 5.41) is 13.6. The van der Waals surface area contributed by atoms with Gasteiger partial charge in [-0.2, -0.15) is 0 Å². The number of carbonyl (C=O) groups excluding carboxylic acids is 3. The summed E-state index contributed by atoms with van der Waals surface area (Å²) in [6.07, 6.45) is 5.69. The lowest BCUT2D eigenvalue weighted by Gasteiger charge is -2.32. The number of nitrogens with zero attached hydrogens (tertiary/aromatic N) is 1. The van der Waals surface area contributed by atoms with Gasteiger partial charge < -0.3 is 32.6 Å². The number of rotatable bonds is 15. The van der Waals surface area contributed by atoms with Gasteiger partial charge in [-0.15, -0.1) is 12.4 Å². The number of guanidine groups is 1. The maximum absolute atomic E-state index is 14.1. The number of amides is 2. The van der Waals surface area contributed by atoms with E-state index < -0.39 is 29.9 Å². The van der Waals surface area contributed by atoms with Crippen molar-refractivity contribution in [1.82, 2.24) is 10.6 Å². The molecule has 1 fully saturated rings. The fourth-order valence-electron chi connectivity index (χ4n) is 5.52. The Kier molecular flexibility index (Phi) is 15.9. The van der Waals surface area contributed by atoms with Crippen LogP contribution in [0.15, 0.2) is 58.0 Å². The number of nitrogens with one attached hydrogen (secondary N) is 3. The molecular weight excluding hydrogens is 662 g/mol. The number of amidine groups is 1. The second-order valence-corrected chi connectivity index (χ2v) is 12.0. The van der Waals surface area contributed by atoms with Gasteiger partial charge in [-0.3, -0.25) is 20.0 Å². The van der Waals surface area contributed by atoms with Crippen LogP contribution in [0.5, 0.6) is 0 Å². The van der Waals surface area contributed by atoms with Crippen LogP contribution in [0.4, 0.5) is 0 Å². The summed E-state index contributed by atoms with van der Waals surface area (Å²) in [6.45, 7) is 2.18. The first-order valence-corrected chi connectivity index (χ1v) is 15.9. The summed E-state index contributed by atoms with van der Waals surface area (Å²) in [5.41, 5.74) is 18.7. The summed E-state index contributed by atoms with van der Waals surface area (Å²) in [7, 11) is 0. The normalized spacial score (nSPS) is 15.0. The van der Waals surface area contributed by atoms with E-state index >= 15 is 0 Å². The van der Waals surface area contributed by atoms with Crippen LogP contribution in [-0.2, 0) is 25.5 Å². The maximum atomic E-state index is 14.1. The molecule has 3 rings (SSSR count). The molecule has 1 aliphatic carbocycles. The fourth-order valence-corrected chi connectivity index (χ4v) is 5.93. The van der Waals surface area contributed by atoms with Gasteiger partial charge in [-0.25, -0.2) is 4.79 Å². The zero-order chi connectivity index (χ0) is 32.1. The summed E-state index contributed by atoms with van der Waals surface area (Å²) in [5.74, 6) is -1.99. The fraction of sp³-hybridized carbons (Fsp3) is 0.469. The summed E-state index contributed by atoms with van der Waals surface area (Å²) < 4.78 is 6.07. The molecule has 1 unspecified atom stereocenters. The van der Waals surface area contributed by atoms with Gasteiger partial charge in [-0.05, 0) is 68.2 Å². The second-order valence-electron chi connectivity index (χ2n) is 11.1. The third-order valence-corrected chi connectivity index (χ3v) is 8.30. The van der Waals surface area contributed by atoms with Crippen molar-refractivity contribution in [3.05, 3.63) is 69.7 Å². The Labute approximate surface area is 279 Å². The molecule has 1 aliphatic rings. The summed E-state index contributed by atoms with van der Waals surface area (Å²) in [4.78, 5) is 44.7. The highest BCUT2D eigenvalue weighted by Crippen LogP contribution is 2.29. The third-order valence-electron chi connectivity index (χ3n) is 7.81. The largest absolute Gasteiger partial charge is 0.464 e. The molecular formula is C32H45BrClN7O4. The van der Waals surface area contributed by atoms with E-state index in [1.165, 1.54) is 0 Å². The van der Waals surface area contributed by atoms with Crippen molar-refractivity contribution in [3.63, 3.8) is 0 Å². The molecule has 0 radical (unpaired) electrons. The molecule has 0 saturated heterocycles. The van der Waals surface area contributed by atoms with Gasteiger partial charge >= 0.3 is 5.97 Å². The lowest BCUT2D eigenvalue weighted by Crippen LogP contribution is -2.55. The van der Waals surface area contributed by atoms with Gasteiger partial charge in [0.2, 0.25) is 11.8 Å². The van der Waals surface area contributed by atoms with Crippen LogP contribution in [0.25, 0.3) is 0 Å². The minimum atomic E-state index is -0.902. The predicted molar refractivity (Wildman–Crippen MR) is 182 cm³/mol. The molecule has 1 saturated carbocycles. The molecule has 246 valence electrons. The Hall–Kier alpha value is -3.64. The van der Waals surface area contributed by atoms with Crippen LogP contribution in [0.2, 0.25) is 0 Å². The van der Waals surface area contributed by atoms with E-state index in [0.29, 0.717) is 24.9 Å². The van der Waals surface area contributed by atoms with Crippen LogP contribution >= 0.6 is 28.3 Å². The molecule has 9 N–H and O–H groups in total. The van der Waals surface area contributed by atoms with E-state index in [2.05, 4.69) is 31.6 Å². The van der Waals surface area contributed by atoms with E-state index in [1.54, 1.807) is 19.1 Å². The second kappa shape index (κ2) is 19.0. The number of esters is 1. The van der Waals surface area contributed by atoms with E-state index in [9.17, 15) is 14.4 Å². The van der Waals surface area contributed by atoms with Crippen molar-refractivity contribution >= 4 is 57.9 Å². The van der Waals surface area contributed by atoms with Gasteiger partial charge in [0.25, 0.3) is 0 Å². The van der Waals surface area contributed by atoms with Crippen LogP contribution in [-0.4, -0.2) is 54.8 Å². The van der Waals surface area contributed by atoms with E-state index in [-0.39, 0.29) is 49.1 Å². The lowest BCUT2D eigenvalue weighted by molar-refractivity contribution is -0.148. The number of nitrogens with two attached hydrogens (primary N) is 3. The van der Waals surface area contributed by atoms with Crippen molar-refractivity contribution in [3.8, 4) is 0 Å². The Bertz CT molecular complexity index is 1310. The first-order valence-electron chi connectivity index (χ1n) is 15.1. The van der Waals surface area contributed by atoms with Crippen molar-refractivity contribution in [2.75, 3.05) is 13.2 Å². The van der Waals surface area contributed by atoms with Crippen molar-refractivity contribution in [2.45, 2.75) is 76.3 Å². The number of aliphatic imine (C=N–C) groups is 1. The molecule has 0 aromatic heterocycles. The van der Waals surface area contributed by atoms with Crippen LogP contribution < -0.4 is 27.8 Å². The number of nitrogen functional groups attached to an aromatic ring is 1. The van der Waals surface area contributed by atoms with Gasteiger partial charge in [-0.1, -0.05) is 71.6 Å². The Balaban J connectivity index is 0.00000705. The average molecular weight is 707 g/mol. The van der Waals surface area contributed by atoms with Crippen LogP contribution in [0, 0.1) is 11.3 Å². The smallest absolute Gasteiger partial charge is 0.328 e. The molecule has 0 heterocycles. The minimum Gasteiger partial charge on any atom is -0.464 e. The first-order chi connectivity index (χ1) is 21.1. The number of carbonyl (C=O) groups is 3. The number of hydrogen-bond donors (Lipinski definition) is 6. The topological polar surface area (TPSA) is 199 Å². The summed E-state index contributed by atoms with van der Waals surface area (Å²) >= 11 is 3.52. The molecule has 3 atom stereocenters. The van der Waals surface area contributed by atoms with E-state index in [0.717, 1.165) is 47.7 Å². The number of benzene rings is 2. The first kappa shape index (κ1) is 37.5. The number of hydrogen-bond acceptors (Lipinski definition) is 6. The molecule has 13 heteroatoms. The quantitative estimate of drug-likeness (QED) is 0.0703. The van der Waals surface area contributed by atoms with Crippen molar-refractivity contribution in [1.29, 1.82) is 5.41 Å². The monoisotopic (exact) mass is 705 g/mol. The summed E-state index contributed by atoms with van der Waals surface area (Å²) in [6, 6.07) is 13.0. The molecule has 2 amide bonds. The van der Waals surface area contributed by atoms with Gasteiger partial charge in [0, 0.05) is 16.6 Å². The molecule has 2 aromatic carbocycles. The van der Waals surface area contributed by atoms with Crippen molar-refractivity contribution in [2.24, 2.45) is 28.1 Å². The predicted octanol–water partition coefficient (Wildman–Crippen LogP) is 3.65. The zero-order valence-corrected chi connectivity index (χ0v) is 28.0. The zero-order valence-electron chi connectivity index (χ0n) is 25.6. The standard InChI is InChI=1S/C32H44BrN7O4.ClH/c1-2-44-31(43)26(12-7-17-38-32(36)37)39-30(42)27(21-8-4-3-5-9-21)40-29(41)25(23-10-6-11-24(33)19-23)18-20-13-15-22(16-14-20)28(34)35;/h6,10-11,13-16,19,21,25-27H,2-5,7-9,12,17-18H2,1H3,(H3,34,35)(H,39,42)(H,40,41)(H4,36,37,38);1H/t25?,26-,27-;/m0./s1. The molecule has 2 aromatic rings. The SMILES string of the molecule is CCOC(=O)[C@H](CCCN=C(N)N)NC(=O)[C@@H](NC(=O)C(Cc1ccc(C(=N)N)cc1)c1cccc(Br)c1)C1CCCCC1.Cl. The van der Waals surface area contributed by atoms with E-state index in [1.807, 2.05) is 36.4 Å². The van der Waals surface area contributed by atoms with Crippen LogP contribution in [0.1, 0.15) is 74.5 Å². The maximum Gasteiger partial charge on any atom is 0.328 e. The number of ether oxygens (including phenoxy) is 1.